The Morgan fingerprint density at radius 1 is 1.35 bits per heavy atom. The van der Waals surface area contributed by atoms with Gasteiger partial charge >= 0.3 is 0 Å². The fraction of sp³-hybridized carbons (Fsp3) is 0.375. The molecule has 0 radical (unpaired) electrons. The highest BCUT2D eigenvalue weighted by atomic mass is 35.5. The van der Waals surface area contributed by atoms with Crippen LogP contribution in [0.3, 0.4) is 0 Å². The number of likely N-dealkylation sites (N-methyl/N-ethyl adjacent to an activating group) is 1. The minimum absolute atomic E-state index is 0.357. The molecule has 1 N–H and O–H groups in total. The van der Waals surface area contributed by atoms with Crippen molar-refractivity contribution in [1.82, 2.24) is 5.32 Å². The summed E-state index contributed by atoms with van der Waals surface area (Å²) in [7, 11) is 2.04. The predicted octanol–water partition coefficient (Wildman–Crippen LogP) is 4.69. The van der Waals surface area contributed by atoms with Crippen LogP contribution in [0.4, 0.5) is 0 Å². The van der Waals surface area contributed by atoms with Crippen molar-refractivity contribution in [2.45, 2.75) is 24.6 Å². The number of fused-ring (bicyclic) bond motifs is 1. The van der Waals surface area contributed by atoms with Crippen molar-refractivity contribution in [3.8, 4) is 0 Å². The lowest BCUT2D eigenvalue weighted by Crippen LogP contribution is -2.17. The van der Waals surface area contributed by atoms with Crippen LogP contribution in [0, 0.1) is 0 Å². The lowest BCUT2D eigenvalue weighted by molar-refractivity contribution is 0.602. The first-order valence-corrected chi connectivity index (χ1v) is 9.22. The number of hydrogen-bond acceptors (Lipinski definition) is 3. The topological polar surface area (TPSA) is 12.0 Å². The molecule has 20 heavy (non-hydrogen) atoms. The number of aryl methyl sites for hydroxylation is 1. The molecule has 0 saturated carbocycles. The van der Waals surface area contributed by atoms with Gasteiger partial charge in [0.25, 0.3) is 0 Å². The third-order valence-corrected chi connectivity index (χ3v) is 6.45. The standard InChI is InChI=1S/C16H18ClNS2/c1-18-14(8-11-4-2-3-5-13(11)17)16-9-12-10-19-7-6-15(12)20-16/h2-5,9,14,18H,6-8,10H2,1H3. The molecule has 0 amide bonds. The van der Waals surface area contributed by atoms with E-state index in [0.29, 0.717) is 6.04 Å². The quantitative estimate of drug-likeness (QED) is 0.875. The highest BCUT2D eigenvalue weighted by Crippen LogP contribution is 2.35. The summed E-state index contributed by atoms with van der Waals surface area (Å²) in [6, 6.07) is 10.9. The van der Waals surface area contributed by atoms with Gasteiger partial charge in [0.05, 0.1) is 0 Å². The van der Waals surface area contributed by atoms with E-state index in [1.54, 1.807) is 10.4 Å². The van der Waals surface area contributed by atoms with E-state index in [-0.39, 0.29) is 0 Å². The van der Waals surface area contributed by atoms with Gasteiger partial charge in [0.2, 0.25) is 0 Å². The maximum absolute atomic E-state index is 6.29. The Balaban J connectivity index is 1.83. The molecule has 0 saturated heterocycles. The Kier molecular flexibility index (Phi) is 4.72. The van der Waals surface area contributed by atoms with E-state index in [4.69, 9.17) is 11.6 Å². The third-order valence-electron chi connectivity index (χ3n) is 3.72. The summed E-state index contributed by atoms with van der Waals surface area (Å²) in [6.45, 7) is 0. The van der Waals surface area contributed by atoms with Crippen LogP contribution in [0.2, 0.25) is 5.02 Å². The number of hydrogen-bond donors (Lipinski definition) is 1. The summed E-state index contributed by atoms with van der Waals surface area (Å²) < 4.78 is 0. The maximum Gasteiger partial charge on any atom is 0.0453 e. The van der Waals surface area contributed by atoms with Crippen LogP contribution < -0.4 is 5.32 Å². The molecule has 0 spiro atoms. The van der Waals surface area contributed by atoms with Crippen LogP contribution in [0.1, 0.15) is 26.9 Å². The maximum atomic E-state index is 6.29. The van der Waals surface area contributed by atoms with Gasteiger partial charge in [-0.15, -0.1) is 11.3 Å². The number of benzene rings is 1. The normalized spacial score (nSPS) is 15.9. The Hall–Kier alpha value is -0.480. The smallest absolute Gasteiger partial charge is 0.0453 e. The van der Waals surface area contributed by atoms with Crippen molar-refractivity contribution in [3.63, 3.8) is 0 Å². The second-order valence-electron chi connectivity index (χ2n) is 5.04. The van der Waals surface area contributed by atoms with Crippen molar-refractivity contribution in [1.29, 1.82) is 0 Å². The lowest BCUT2D eigenvalue weighted by Gasteiger charge is -2.15. The second-order valence-corrected chi connectivity index (χ2v) is 7.72. The molecule has 2 aromatic rings. The number of halogens is 1. The SMILES string of the molecule is CNC(Cc1ccccc1Cl)c1cc2c(s1)CCSC2. The Morgan fingerprint density at radius 2 is 2.20 bits per heavy atom. The van der Waals surface area contributed by atoms with Crippen molar-refractivity contribution in [2.75, 3.05) is 12.8 Å². The van der Waals surface area contributed by atoms with Gasteiger partial charge in [0, 0.05) is 26.6 Å². The number of nitrogens with one attached hydrogen (secondary N) is 1. The zero-order valence-corrected chi connectivity index (χ0v) is 13.9. The largest absolute Gasteiger partial charge is 0.312 e. The van der Waals surface area contributed by atoms with E-state index >= 15 is 0 Å². The summed E-state index contributed by atoms with van der Waals surface area (Å²) in [4.78, 5) is 3.03. The first-order chi connectivity index (χ1) is 9.78. The van der Waals surface area contributed by atoms with Gasteiger partial charge in [0.1, 0.15) is 0 Å². The summed E-state index contributed by atoms with van der Waals surface area (Å²) in [5.41, 5.74) is 2.76. The second kappa shape index (κ2) is 6.52. The van der Waals surface area contributed by atoms with Crippen LogP contribution in [0.5, 0.6) is 0 Å². The summed E-state index contributed by atoms with van der Waals surface area (Å²) >= 11 is 10.3. The first-order valence-electron chi connectivity index (χ1n) is 6.88. The van der Waals surface area contributed by atoms with Gasteiger partial charge in [-0.2, -0.15) is 11.8 Å². The van der Waals surface area contributed by atoms with E-state index in [9.17, 15) is 0 Å². The molecule has 2 heterocycles. The van der Waals surface area contributed by atoms with E-state index in [1.165, 1.54) is 28.4 Å². The van der Waals surface area contributed by atoms with E-state index < -0.39 is 0 Å². The highest BCUT2D eigenvalue weighted by Gasteiger charge is 2.19. The van der Waals surface area contributed by atoms with E-state index in [0.717, 1.165) is 11.4 Å². The molecule has 1 aliphatic heterocycles. The highest BCUT2D eigenvalue weighted by molar-refractivity contribution is 7.98. The van der Waals surface area contributed by atoms with Crippen molar-refractivity contribution < 1.29 is 0 Å². The molecule has 4 heteroatoms. The number of thioether (sulfide) groups is 1. The lowest BCUT2D eigenvalue weighted by atomic mass is 10.0. The molecule has 3 rings (SSSR count). The summed E-state index contributed by atoms with van der Waals surface area (Å²) in [6.07, 6.45) is 2.18. The fourth-order valence-corrected chi connectivity index (χ4v) is 5.27. The average molecular weight is 324 g/mol. The zero-order valence-electron chi connectivity index (χ0n) is 11.5. The van der Waals surface area contributed by atoms with Crippen LogP contribution in [-0.4, -0.2) is 12.8 Å². The Labute approximate surface area is 133 Å². The molecular weight excluding hydrogens is 306 g/mol. The van der Waals surface area contributed by atoms with Crippen molar-refractivity contribution in [3.05, 3.63) is 56.2 Å². The molecule has 1 aromatic carbocycles. The molecule has 1 nitrogen and oxygen atoms in total. The molecule has 0 aliphatic carbocycles. The summed E-state index contributed by atoms with van der Waals surface area (Å²) in [5, 5.41) is 4.31. The minimum Gasteiger partial charge on any atom is -0.312 e. The molecule has 1 aliphatic rings. The monoisotopic (exact) mass is 323 g/mol. The Bertz CT molecular complexity index is 570. The van der Waals surface area contributed by atoms with Crippen LogP contribution >= 0.6 is 34.7 Å². The van der Waals surface area contributed by atoms with Crippen molar-refractivity contribution >= 4 is 34.7 Å². The molecule has 0 bridgehead atoms. The number of thiophene rings is 1. The molecule has 0 fully saturated rings. The van der Waals surface area contributed by atoms with Crippen molar-refractivity contribution in [2.24, 2.45) is 0 Å². The van der Waals surface area contributed by atoms with E-state index in [2.05, 4.69) is 23.5 Å². The zero-order chi connectivity index (χ0) is 13.9. The fourth-order valence-electron chi connectivity index (χ4n) is 2.57. The van der Waals surface area contributed by atoms with E-state index in [1.807, 2.05) is 42.3 Å². The molecular formula is C16H18ClNS2. The van der Waals surface area contributed by atoms with Crippen LogP contribution in [0.15, 0.2) is 30.3 Å². The van der Waals surface area contributed by atoms with Crippen LogP contribution in [-0.2, 0) is 18.6 Å². The Morgan fingerprint density at radius 3 is 2.95 bits per heavy atom. The molecule has 1 atom stereocenters. The first kappa shape index (κ1) is 14.5. The molecule has 106 valence electrons. The summed E-state index contributed by atoms with van der Waals surface area (Å²) in [5.74, 6) is 2.44. The average Bonchev–Trinajstić information content (AvgIpc) is 2.90. The third kappa shape index (κ3) is 3.06. The van der Waals surface area contributed by atoms with Crippen LogP contribution in [0.25, 0.3) is 0 Å². The van der Waals surface area contributed by atoms with Gasteiger partial charge < -0.3 is 5.32 Å². The number of rotatable bonds is 4. The van der Waals surface area contributed by atoms with Gasteiger partial charge in [-0.25, -0.2) is 0 Å². The van der Waals surface area contributed by atoms with Gasteiger partial charge in [0.15, 0.2) is 0 Å². The minimum atomic E-state index is 0.357. The molecule has 1 aromatic heterocycles. The predicted molar refractivity (Wildman–Crippen MR) is 91.1 cm³/mol. The van der Waals surface area contributed by atoms with Gasteiger partial charge in [-0.1, -0.05) is 29.8 Å². The van der Waals surface area contributed by atoms with Gasteiger partial charge in [-0.3, -0.25) is 0 Å². The van der Waals surface area contributed by atoms with Gasteiger partial charge in [-0.05, 0) is 48.9 Å². The molecule has 1 unspecified atom stereocenters.